The molecule has 5 rings (SSSR count). The normalized spacial score (nSPS) is 13.1. The summed E-state index contributed by atoms with van der Waals surface area (Å²) in [5, 5.41) is 4.28. The molecule has 4 aromatic rings. The van der Waals surface area contributed by atoms with Gasteiger partial charge in [-0.3, -0.25) is 14.5 Å². The van der Waals surface area contributed by atoms with Crippen LogP contribution in [-0.4, -0.2) is 70.0 Å². The van der Waals surface area contributed by atoms with Crippen LogP contribution >= 0.6 is 0 Å². The lowest BCUT2D eigenvalue weighted by Gasteiger charge is -2.34. The van der Waals surface area contributed by atoms with Gasteiger partial charge in [0.05, 0.1) is 17.7 Å². The van der Waals surface area contributed by atoms with Gasteiger partial charge in [0.1, 0.15) is 17.9 Å². The van der Waals surface area contributed by atoms with Gasteiger partial charge < -0.3 is 19.9 Å². The first-order valence-corrected chi connectivity index (χ1v) is 14.9. The molecule has 0 radical (unpaired) electrons. The van der Waals surface area contributed by atoms with Gasteiger partial charge in [-0.1, -0.05) is 25.8 Å². The highest BCUT2D eigenvalue weighted by molar-refractivity contribution is 5.94. The molecule has 2 aromatic heterocycles. The average Bonchev–Trinajstić information content (AvgIpc) is 3.04. The number of anilines is 2. The van der Waals surface area contributed by atoms with E-state index >= 15 is 0 Å². The van der Waals surface area contributed by atoms with E-state index in [1.807, 2.05) is 56.0 Å². The van der Waals surface area contributed by atoms with Crippen LogP contribution in [0.2, 0.25) is 0 Å². The van der Waals surface area contributed by atoms with Crippen molar-refractivity contribution in [1.82, 2.24) is 24.8 Å². The number of rotatable bonds is 10. The van der Waals surface area contributed by atoms with Crippen molar-refractivity contribution in [2.45, 2.75) is 40.0 Å². The molecule has 0 saturated carbocycles. The van der Waals surface area contributed by atoms with E-state index in [0.717, 1.165) is 78.2 Å². The highest BCUT2D eigenvalue weighted by Gasteiger charge is 2.22. The smallest absolute Gasteiger partial charge is 0.255 e. The minimum Gasteiger partial charge on any atom is -0.493 e. The van der Waals surface area contributed by atoms with Gasteiger partial charge in [-0.15, -0.1) is 6.42 Å². The van der Waals surface area contributed by atoms with Crippen LogP contribution < -0.4 is 15.6 Å². The second kappa shape index (κ2) is 15.5. The quantitative estimate of drug-likeness (QED) is 0.192. The fraction of sp³-hybridized carbons (Fsp3) is 0.353. The molecular formula is C34H40N6O3. The van der Waals surface area contributed by atoms with Crippen LogP contribution in [0.15, 0.2) is 65.8 Å². The topological polar surface area (TPSA) is 103 Å². The number of nitrogens with one attached hydrogen (secondary N) is 2. The van der Waals surface area contributed by atoms with Crippen molar-refractivity contribution in [3.8, 4) is 18.1 Å². The molecule has 0 atom stereocenters. The Hall–Kier alpha value is -4.68. The number of piperazine rings is 1. The van der Waals surface area contributed by atoms with Gasteiger partial charge in [0, 0.05) is 61.1 Å². The number of unbranched alkanes of at least 4 members (excludes halogenated alkanes) is 2. The second-order valence-electron chi connectivity index (χ2n) is 10.2. The zero-order chi connectivity index (χ0) is 30.6. The number of aromatic amines is 1. The van der Waals surface area contributed by atoms with E-state index in [1.165, 1.54) is 12.3 Å². The first kappa shape index (κ1) is 31.3. The molecule has 2 aromatic carbocycles. The maximum atomic E-state index is 12.6. The first-order valence-electron chi connectivity index (χ1n) is 14.9. The standard InChI is InChI=1S/C32H34N6O3.C2H6/c1-3-24-8-7-9-26(19-24)36-31-27-18-23(2)29(20-28(27)34-22-35-31)41-17-6-4-5-12-37-13-15-38(16-14-37)32(40)25-10-11-30(39)33-21-25;1-2/h1,7-11,18-22H,4-6,12-17H2,2H3,(H,33,39)(H,34,35,36);1-2H3. The third kappa shape index (κ3) is 8.43. The molecule has 224 valence electrons. The molecule has 3 heterocycles. The van der Waals surface area contributed by atoms with Crippen molar-refractivity contribution < 1.29 is 9.53 Å². The number of H-pyrrole nitrogens is 1. The highest BCUT2D eigenvalue weighted by Crippen LogP contribution is 2.29. The van der Waals surface area contributed by atoms with E-state index < -0.39 is 0 Å². The van der Waals surface area contributed by atoms with Gasteiger partial charge in [-0.25, -0.2) is 9.97 Å². The Morgan fingerprint density at radius 2 is 1.86 bits per heavy atom. The monoisotopic (exact) mass is 580 g/mol. The van der Waals surface area contributed by atoms with E-state index in [4.69, 9.17) is 11.2 Å². The molecule has 1 saturated heterocycles. The Balaban J connectivity index is 0.00000207. The molecule has 0 unspecified atom stereocenters. The molecule has 1 aliphatic rings. The number of nitrogens with zero attached hydrogens (tertiary/aromatic N) is 4. The number of carbonyl (C=O) groups is 1. The number of hydrogen-bond acceptors (Lipinski definition) is 7. The zero-order valence-corrected chi connectivity index (χ0v) is 25.2. The summed E-state index contributed by atoms with van der Waals surface area (Å²) in [6.07, 6.45) is 11.7. The summed E-state index contributed by atoms with van der Waals surface area (Å²) in [7, 11) is 0. The minimum atomic E-state index is -0.204. The Bertz CT molecular complexity index is 1600. The Kier molecular flexibility index (Phi) is 11.3. The number of fused-ring (bicyclic) bond motifs is 1. The fourth-order valence-corrected chi connectivity index (χ4v) is 4.97. The van der Waals surface area contributed by atoms with E-state index in [0.29, 0.717) is 25.3 Å². The van der Waals surface area contributed by atoms with Gasteiger partial charge >= 0.3 is 0 Å². The number of benzene rings is 2. The maximum absolute atomic E-state index is 12.6. The Labute approximate surface area is 253 Å². The molecule has 43 heavy (non-hydrogen) atoms. The minimum absolute atomic E-state index is 0.0316. The van der Waals surface area contributed by atoms with E-state index in [9.17, 15) is 9.59 Å². The fourth-order valence-electron chi connectivity index (χ4n) is 4.97. The lowest BCUT2D eigenvalue weighted by Crippen LogP contribution is -2.48. The third-order valence-electron chi connectivity index (χ3n) is 7.29. The number of pyridine rings is 1. The van der Waals surface area contributed by atoms with Crippen molar-refractivity contribution in [3.63, 3.8) is 0 Å². The molecule has 0 bridgehead atoms. The van der Waals surface area contributed by atoms with Crippen molar-refractivity contribution in [3.05, 3.63) is 88.1 Å². The van der Waals surface area contributed by atoms with Gasteiger partial charge in [-0.2, -0.15) is 0 Å². The van der Waals surface area contributed by atoms with Gasteiger partial charge in [0.15, 0.2) is 0 Å². The molecule has 9 heteroatoms. The predicted octanol–water partition coefficient (Wildman–Crippen LogP) is 5.38. The number of amides is 1. The van der Waals surface area contributed by atoms with Crippen LogP contribution in [0, 0.1) is 19.3 Å². The third-order valence-corrected chi connectivity index (χ3v) is 7.29. The van der Waals surface area contributed by atoms with Crippen LogP contribution in [0.1, 0.15) is 54.6 Å². The summed E-state index contributed by atoms with van der Waals surface area (Å²) < 4.78 is 6.13. The summed E-state index contributed by atoms with van der Waals surface area (Å²) in [6, 6.07) is 14.7. The lowest BCUT2D eigenvalue weighted by atomic mass is 10.1. The molecule has 0 aliphatic carbocycles. The number of aromatic nitrogens is 3. The second-order valence-corrected chi connectivity index (χ2v) is 10.2. The lowest BCUT2D eigenvalue weighted by molar-refractivity contribution is 0.0634. The number of hydrogen-bond donors (Lipinski definition) is 2. The highest BCUT2D eigenvalue weighted by atomic mass is 16.5. The number of aryl methyl sites for hydroxylation is 1. The van der Waals surface area contributed by atoms with E-state index in [1.54, 1.807) is 12.4 Å². The van der Waals surface area contributed by atoms with Crippen molar-refractivity contribution in [1.29, 1.82) is 0 Å². The van der Waals surface area contributed by atoms with Crippen molar-refractivity contribution in [2.24, 2.45) is 0 Å². The Morgan fingerprint density at radius 3 is 2.60 bits per heavy atom. The van der Waals surface area contributed by atoms with Crippen LogP contribution in [-0.2, 0) is 0 Å². The van der Waals surface area contributed by atoms with Crippen LogP contribution in [0.25, 0.3) is 10.9 Å². The SMILES string of the molecule is C#Cc1cccc(Nc2ncnc3cc(OCCCCCN4CCN(C(=O)c5ccc(=O)[nH]c5)CC4)c(C)cc23)c1.CC. The predicted molar refractivity (Wildman–Crippen MR) is 172 cm³/mol. The number of ether oxygens (including phenoxy) is 1. The molecule has 1 amide bonds. The molecule has 9 nitrogen and oxygen atoms in total. The number of terminal acetylenes is 1. The molecule has 1 aliphatic heterocycles. The van der Waals surface area contributed by atoms with Gasteiger partial charge in [0.25, 0.3) is 5.91 Å². The molecule has 1 fully saturated rings. The first-order chi connectivity index (χ1) is 21.0. The summed E-state index contributed by atoms with van der Waals surface area (Å²) in [5.41, 5.74) is 3.84. The zero-order valence-electron chi connectivity index (χ0n) is 25.2. The maximum Gasteiger partial charge on any atom is 0.255 e. The van der Waals surface area contributed by atoms with Crippen molar-refractivity contribution >= 4 is 28.3 Å². The summed E-state index contributed by atoms with van der Waals surface area (Å²) in [6.45, 7) is 10.8. The van der Waals surface area contributed by atoms with Gasteiger partial charge in [0.2, 0.25) is 5.56 Å². The van der Waals surface area contributed by atoms with Crippen LogP contribution in [0.3, 0.4) is 0 Å². The Morgan fingerprint density at radius 1 is 1.05 bits per heavy atom. The summed E-state index contributed by atoms with van der Waals surface area (Å²) >= 11 is 0. The molecule has 0 spiro atoms. The number of carbonyl (C=O) groups excluding carboxylic acids is 1. The van der Waals surface area contributed by atoms with Crippen molar-refractivity contribution in [2.75, 3.05) is 44.6 Å². The van der Waals surface area contributed by atoms with E-state index in [-0.39, 0.29) is 11.5 Å². The molecular weight excluding hydrogens is 540 g/mol. The summed E-state index contributed by atoms with van der Waals surface area (Å²) in [4.78, 5) is 39.6. The van der Waals surface area contributed by atoms with Crippen LogP contribution in [0.5, 0.6) is 5.75 Å². The summed E-state index contributed by atoms with van der Waals surface area (Å²) in [5.74, 6) is 4.18. The average molecular weight is 581 g/mol. The van der Waals surface area contributed by atoms with E-state index in [2.05, 4.69) is 37.2 Å². The van der Waals surface area contributed by atoms with Gasteiger partial charge in [-0.05, 0) is 68.6 Å². The van der Waals surface area contributed by atoms with Crippen LogP contribution in [0.4, 0.5) is 11.5 Å². The molecule has 2 N–H and O–H groups in total. The largest absolute Gasteiger partial charge is 0.493 e.